The molecule has 0 saturated heterocycles. The van der Waals surface area contributed by atoms with Crippen LogP contribution in [0.1, 0.15) is 10.4 Å². The Kier molecular flexibility index (Phi) is 7.79. The minimum Gasteiger partial charge on any atom is -0.378 e. The Hall–Kier alpha value is -4.07. The van der Waals surface area contributed by atoms with Gasteiger partial charge in [0.1, 0.15) is 5.69 Å². The van der Waals surface area contributed by atoms with E-state index >= 15 is 0 Å². The largest absolute Gasteiger partial charge is 0.378 e. The number of hydrogen-bond donors (Lipinski definition) is 3. The van der Waals surface area contributed by atoms with Gasteiger partial charge in [-0.05, 0) is 18.2 Å². The van der Waals surface area contributed by atoms with Crippen molar-refractivity contribution in [3.05, 3.63) is 68.3 Å². The molecule has 0 heterocycles. The predicted octanol–water partition coefficient (Wildman–Crippen LogP) is 0.865. The maximum atomic E-state index is 12.0. The summed E-state index contributed by atoms with van der Waals surface area (Å²) in [5, 5.41) is 29.5. The first-order valence-corrected chi connectivity index (χ1v) is 10.9. The summed E-state index contributed by atoms with van der Waals surface area (Å²) in [5.41, 5.74) is -0.579. The molecule has 170 valence electrons. The van der Waals surface area contributed by atoms with Crippen molar-refractivity contribution < 1.29 is 27.9 Å². The number of rotatable bonds is 10. The van der Waals surface area contributed by atoms with Gasteiger partial charge in [0.05, 0.1) is 21.3 Å². The second-order valence-electron chi connectivity index (χ2n) is 6.48. The third kappa shape index (κ3) is 6.73. The number of carbonyl (C=O) groups excluding carboxylic acids is 2. The fourth-order valence-electron chi connectivity index (χ4n) is 2.53. The summed E-state index contributed by atoms with van der Waals surface area (Å²) >= 11 is 0. The molecule has 0 aliphatic carbocycles. The van der Waals surface area contributed by atoms with Crippen LogP contribution in [0.25, 0.3) is 0 Å². The zero-order valence-corrected chi connectivity index (χ0v) is 17.5. The second kappa shape index (κ2) is 10.3. The van der Waals surface area contributed by atoms with E-state index in [4.69, 9.17) is 0 Å². The van der Waals surface area contributed by atoms with E-state index in [0.717, 1.165) is 18.4 Å². The molecule has 0 fully saturated rings. The summed E-state index contributed by atoms with van der Waals surface area (Å²) in [6.45, 7) is -0.245. The van der Waals surface area contributed by atoms with Gasteiger partial charge in [-0.3, -0.25) is 29.8 Å². The molecule has 32 heavy (non-hydrogen) atoms. The average molecular weight is 465 g/mol. The van der Waals surface area contributed by atoms with Crippen molar-refractivity contribution in [3.63, 3.8) is 0 Å². The maximum Gasteiger partial charge on any atom is 0.293 e. The standard InChI is InChI=1S/C18H19N5O8S/c1-32(30,31)14-5-6-15(16(10-14)23(28)29)19-7-8-20-17(24)11-21-18(25)12-3-2-4-13(9-12)22(26)27/h2-6,9-10,19H,7-8,11H2,1H3,(H,20,24)(H,21,25). The lowest BCUT2D eigenvalue weighted by Crippen LogP contribution is -2.38. The molecule has 0 spiro atoms. The highest BCUT2D eigenvalue weighted by Crippen LogP contribution is 2.27. The van der Waals surface area contributed by atoms with Gasteiger partial charge in [0.2, 0.25) is 5.91 Å². The number of nitrogens with zero attached hydrogens (tertiary/aromatic N) is 2. The molecule has 2 aromatic rings. The van der Waals surface area contributed by atoms with Crippen LogP contribution in [0.2, 0.25) is 0 Å². The minimum atomic E-state index is -3.61. The highest BCUT2D eigenvalue weighted by molar-refractivity contribution is 7.90. The molecule has 3 N–H and O–H groups in total. The Morgan fingerprint density at radius 1 is 0.969 bits per heavy atom. The number of nitro groups is 2. The van der Waals surface area contributed by atoms with E-state index in [1.165, 1.54) is 30.3 Å². The van der Waals surface area contributed by atoms with Gasteiger partial charge in [-0.2, -0.15) is 0 Å². The van der Waals surface area contributed by atoms with E-state index in [9.17, 15) is 38.2 Å². The molecular formula is C18H19N5O8S. The van der Waals surface area contributed by atoms with Crippen molar-refractivity contribution in [1.29, 1.82) is 0 Å². The zero-order valence-electron chi connectivity index (χ0n) is 16.7. The van der Waals surface area contributed by atoms with Crippen molar-refractivity contribution in [2.45, 2.75) is 4.90 Å². The molecule has 2 aromatic carbocycles. The van der Waals surface area contributed by atoms with Crippen molar-refractivity contribution >= 4 is 38.7 Å². The number of anilines is 1. The molecule has 0 atom stereocenters. The molecule has 14 heteroatoms. The molecule has 2 rings (SSSR count). The van der Waals surface area contributed by atoms with Crippen LogP contribution in [0, 0.1) is 20.2 Å². The Morgan fingerprint density at radius 2 is 1.69 bits per heavy atom. The van der Waals surface area contributed by atoms with Gasteiger partial charge in [0.15, 0.2) is 9.84 Å². The lowest BCUT2D eigenvalue weighted by Gasteiger charge is -2.10. The summed E-state index contributed by atoms with van der Waals surface area (Å²) in [6, 6.07) is 8.46. The molecule has 0 radical (unpaired) electrons. The third-order valence-corrected chi connectivity index (χ3v) is 5.20. The zero-order chi connectivity index (χ0) is 23.9. The smallest absolute Gasteiger partial charge is 0.293 e. The number of nitrogens with one attached hydrogen (secondary N) is 3. The van der Waals surface area contributed by atoms with Crippen molar-refractivity contribution in [1.82, 2.24) is 10.6 Å². The summed E-state index contributed by atoms with van der Waals surface area (Å²) in [4.78, 5) is 44.2. The van der Waals surface area contributed by atoms with Crippen molar-refractivity contribution in [2.24, 2.45) is 0 Å². The Labute approximate surface area is 182 Å². The molecule has 0 aromatic heterocycles. The number of hydrogen-bond acceptors (Lipinski definition) is 9. The van der Waals surface area contributed by atoms with E-state index in [1.807, 2.05) is 0 Å². The van der Waals surface area contributed by atoms with Crippen LogP contribution in [0.15, 0.2) is 47.4 Å². The van der Waals surface area contributed by atoms with Crippen LogP contribution >= 0.6 is 0 Å². The van der Waals surface area contributed by atoms with Crippen LogP contribution in [0.5, 0.6) is 0 Å². The van der Waals surface area contributed by atoms with Crippen LogP contribution in [0.4, 0.5) is 17.1 Å². The minimum absolute atomic E-state index is 0.0264. The van der Waals surface area contributed by atoms with Crippen LogP contribution in [0.3, 0.4) is 0 Å². The second-order valence-corrected chi connectivity index (χ2v) is 8.49. The third-order valence-electron chi connectivity index (χ3n) is 4.09. The van der Waals surface area contributed by atoms with Gasteiger partial charge in [0.25, 0.3) is 17.3 Å². The van der Waals surface area contributed by atoms with Crippen molar-refractivity contribution in [3.8, 4) is 0 Å². The maximum absolute atomic E-state index is 12.0. The predicted molar refractivity (Wildman–Crippen MR) is 113 cm³/mol. The van der Waals surface area contributed by atoms with E-state index < -0.39 is 37.2 Å². The molecule has 0 aliphatic heterocycles. The quantitative estimate of drug-likeness (QED) is 0.259. The van der Waals surface area contributed by atoms with Crippen LogP contribution in [-0.4, -0.2) is 56.0 Å². The molecule has 0 aliphatic rings. The topological polar surface area (TPSA) is 191 Å². The summed E-state index contributed by atoms with van der Waals surface area (Å²) in [6.07, 6.45) is 0.937. The van der Waals surface area contributed by atoms with E-state index in [-0.39, 0.29) is 41.5 Å². The summed E-state index contributed by atoms with van der Waals surface area (Å²) in [7, 11) is -3.61. The van der Waals surface area contributed by atoms with Crippen LogP contribution in [-0.2, 0) is 14.6 Å². The lowest BCUT2D eigenvalue weighted by atomic mass is 10.2. The number of sulfone groups is 1. The molecular weight excluding hydrogens is 446 g/mol. The van der Waals surface area contributed by atoms with E-state index in [0.29, 0.717) is 0 Å². The van der Waals surface area contributed by atoms with Crippen molar-refractivity contribution in [2.75, 3.05) is 31.2 Å². The first-order valence-electron chi connectivity index (χ1n) is 9.01. The number of amides is 2. The lowest BCUT2D eigenvalue weighted by molar-refractivity contribution is -0.384. The Bertz CT molecular complexity index is 1170. The van der Waals surface area contributed by atoms with Crippen LogP contribution < -0.4 is 16.0 Å². The normalized spacial score (nSPS) is 10.8. The molecule has 2 amide bonds. The van der Waals surface area contributed by atoms with Gasteiger partial charge in [-0.1, -0.05) is 6.07 Å². The molecule has 0 unspecified atom stereocenters. The molecule has 13 nitrogen and oxygen atoms in total. The summed E-state index contributed by atoms with van der Waals surface area (Å²) in [5.74, 6) is -1.21. The SMILES string of the molecule is CS(=O)(=O)c1ccc(NCCNC(=O)CNC(=O)c2cccc([N+](=O)[O-])c2)c([N+](=O)[O-])c1. The highest BCUT2D eigenvalue weighted by Gasteiger charge is 2.18. The summed E-state index contributed by atoms with van der Waals surface area (Å²) < 4.78 is 23.1. The van der Waals surface area contributed by atoms with Gasteiger partial charge in [-0.25, -0.2) is 8.42 Å². The first kappa shape index (κ1) is 24.2. The fourth-order valence-corrected chi connectivity index (χ4v) is 3.17. The average Bonchev–Trinajstić information content (AvgIpc) is 2.74. The number of non-ortho nitro benzene ring substituents is 1. The number of benzene rings is 2. The number of nitro benzene ring substituents is 2. The monoisotopic (exact) mass is 465 g/mol. The highest BCUT2D eigenvalue weighted by atomic mass is 32.2. The Balaban J connectivity index is 1.84. The van der Waals surface area contributed by atoms with Gasteiger partial charge in [0, 0.05) is 43.1 Å². The van der Waals surface area contributed by atoms with Gasteiger partial charge in [-0.15, -0.1) is 0 Å². The first-order chi connectivity index (χ1) is 15.0. The van der Waals surface area contributed by atoms with Gasteiger partial charge < -0.3 is 16.0 Å². The molecule has 0 saturated carbocycles. The Morgan fingerprint density at radius 3 is 2.31 bits per heavy atom. The van der Waals surface area contributed by atoms with E-state index in [2.05, 4.69) is 16.0 Å². The fraction of sp³-hybridized carbons (Fsp3) is 0.222. The van der Waals surface area contributed by atoms with Gasteiger partial charge >= 0.3 is 0 Å². The molecule has 0 bridgehead atoms. The number of carbonyl (C=O) groups is 2. The van der Waals surface area contributed by atoms with E-state index in [1.54, 1.807) is 0 Å².